The molecule has 20 heavy (non-hydrogen) atoms. The lowest BCUT2D eigenvalue weighted by molar-refractivity contribution is 0.746. The number of aromatic nitrogens is 4. The predicted molar refractivity (Wildman–Crippen MR) is 83.8 cm³/mol. The molecule has 2 aromatic heterocycles. The van der Waals surface area contributed by atoms with Gasteiger partial charge in [0.05, 0.1) is 10.2 Å². The average molecular weight is 339 g/mol. The lowest BCUT2D eigenvalue weighted by Gasteiger charge is -2.09. The van der Waals surface area contributed by atoms with E-state index in [4.69, 9.17) is 0 Å². The van der Waals surface area contributed by atoms with Crippen LogP contribution in [0.15, 0.2) is 16.9 Å². The number of anilines is 2. The first-order chi connectivity index (χ1) is 9.63. The van der Waals surface area contributed by atoms with Gasteiger partial charge in [0.15, 0.2) is 0 Å². The van der Waals surface area contributed by atoms with E-state index in [9.17, 15) is 0 Å². The van der Waals surface area contributed by atoms with Crippen LogP contribution in [0.4, 0.5) is 11.8 Å². The molecular weight excluding hydrogens is 320 g/mol. The van der Waals surface area contributed by atoms with E-state index < -0.39 is 0 Å². The van der Waals surface area contributed by atoms with Gasteiger partial charge in [-0.15, -0.1) is 0 Å². The Bertz CT molecular complexity index is 580. The van der Waals surface area contributed by atoms with Crippen molar-refractivity contribution >= 4 is 27.7 Å². The Morgan fingerprint density at radius 1 is 1.30 bits per heavy atom. The van der Waals surface area contributed by atoms with Crippen LogP contribution in [0.1, 0.15) is 25.1 Å². The first-order valence-corrected chi connectivity index (χ1v) is 7.45. The molecule has 108 valence electrons. The number of hydrogen-bond acceptors (Lipinski definition) is 5. The highest BCUT2D eigenvalue weighted by molar-refractivity contribution is 9.10. The molecule has 2 aromatic rings. The number of aryl methyl sites for hydroxylation is 2. The van der Waals surface area contributed by atoms with Crippen molar-refractivity contribution in [1.29, 1.82) is 0 Å². The molecule has 0 bridgehead atoms. The minimum absolute atomic E-state index is 0.625. The molecule has 7 heteroatoms. The van der Waals surface area contributed by atoms with Crippen LogP contribution < -0.4 is 10.6 Å². The molecule has 0 aliphatic heterocycles. The van der Waals surface area contributed by atoms with Gasteiger partial charge in [-0.05, 0) is 29.3 Å². The SMILES string of the molecule is CCNc1ncc(Br)c(NCc2cn(C)nc2CC)n1. The van der Waals surface area contributed by atoms with Gasteiger partial charge in [-0.25, -0.2) is 4.98 Å². The molecule has 0 aliphatic carbocycles. The van der Waals surface area contributed by atoms with Gasteiger partial charge in [-0.3, -0.25) is 4.68 Å². The van der Waals surface area contributed by atoms with Crippen LogP contribution in [-0.4, -0.2) is 26.3 Å². The third-order valence-corrected chi connectivity index (χ3v) is 3.43. The normalized spacial score (nSPS) is 10.6. The monoisotopic (exact) mass is 338 g/mol. The molecule has 2 heterocycles. The molecule has 0 saturated carbocycles. The van der Waals surface area contributed by atoms with E-state index in [1.807, 2.05) is 24.9 Å². The summed E-state index contributed by atoms with van der Waals surface area (Å²) in [5, 5.41) is 10.9. The Kier molecular flexibility index (Phi) is 4.94. The minimum atomic E-state index is 0.625. The molecular formula is C13H19BrN6. The Labute approximate surface area is 127 Å². The van der Waals surface area contributed by atoms with Gasteiger partial charge in [-0.1, -0.05) is 6.92 Å². The van der Waals surface area contributed by atoms with E-state index in [2.05, 4.69) is 48.6 Å². The first kappa shape index (κ1) is 14.8. The molecule has 0 fully saturated rings. The summed E-state index contributed by atoms with van der Waals surface area (Å²) in [6.45, 7) is 5.61. The van der Waals surface area contributed by atoms with Crippen LogP contribution in [0.3, 0.4) is 0 Å². The molecule has 0 spiro atoms. The van der Waals surface area contributed by atoms with Crippen molar-refractivity contribution in [3.8, 4) is 0 Å². The van der Waals surface area contributed by atoms with Crippen molar-refractivity contribution in [2.45, 2.75) is 26.8 Å². The Balaban J connectivity index is 2.11. The molecule has 0 radical (unpaired) electrons. The van der Waals surface area contributed by atoms with Gasteiger partial charge in [0, 0.05) is 38.1 Å². The lowest BCUT2D eigenvalue weighted by Crippen LogP contribution is -2.07. The van der Waals surface area contributed by atoms with Crippen molar-refractivity contribution in [1.82, 2.24) is 19.7 Å². The molecule has 2 N–H and O–H groups in total. The van der Waals surface area contributed by atoms with Crippen molar-refractivity contribution < 1.29 is 0 Å². The highest BCUT2D eigenvalue weighted by atomic mass is 79.9. The van der Waals surface area contributed by atoms with Gasteiger partial charge in [0.25, 0.3) is 0 Å². The average Bonchev–Trinajstić information content (AvgIpc) is 2.80. The highest BCUT2D eigenvalue weighted by Crippen LogP contribution is 2.21. The third-order valence-electron chi connectivity index (χ3n) is 2.85. The quantitative estimate of drug-likeness (QED) is 0.847. The second-order valence-corrected chi connectivity index (χ2v) is 5.26. The summed E-state index contributed by atoms with van der Waals surface area (Å²) in [6.07, 6.45) is 4.70. The van der Waals surface area contributed by atoms with Gasteiger partial charge < -0.3 is 10.6 Å². The zero-order chi connectivity index (χ0) is 14.5. The van der Waals surface area contributed by atoms with Crippen LogP contribution in [-0.2, 0) is 20.0 Å². The Hall–Kier alpha value is -1.63. The number of rotatable bonds is 6. The summed E-state index contributed by atoms with van der Waals surface area (Å²) in [5.41, 5.74) is 2.29. The van der Waals surface area contributed by atoms with Gasteiger partial charge in [0.2, 0.25) is 5.95 Å². The van der Waals surface area contributed by atoms with Crippen molar-refractivity contribution in [3.05, 3.63) is 28.1 Å². The van der Waals surface area contributed by atoms with Crippen molar-refractivity contribution in [3.63, 3.8) is 0 Å². The van der Waals surface area contributed by atoms with Crippen LogP contribution in [0.5, 0.6) is 0 Å². The minimum Gasteiger partial charge on any atom is -0.365 e. The number of hydrogen-bond donors (Lipinski definition) is 2. The topological polar surface area (TPSA) is 67.7 Å². The maximum atomic E-state index is 4.43. The van der Waals surface area contributed by atoms with E-state index in [0.717, 1.165) is 29.0 Å². The second kappa shape index (κ2) is 6.69. The van der Waals surface area contributed by atoms with Gasteiger partial charge >= 0.3 is 0 Å². The Morgan fingerprint density at radius 2 is 2.10 bits per heavy atom. The Morgan fingerprint density at radius 3 is 2.80 bits per heavy atom. The lowest BCUT2D eigenvalue weighted by atomic mass is 10.2. The van der Waals surface area contributed by atoms with Crippen molar-refractivity contribution in [2.24, 2.45) is 7.05 Å². The van der Waals surface area contributed by atoms with Gasteiger partial charge in [-0.2, -0.15) is 10.1 Å². The highest BCUT2D eigenvalue weighted by Gasteiger charge is 2.08. The van der Waals surface area contributed by atoms with Crippen LogP contribution in [0.2, 0.25) is 0 Å². The maximum Gasteiger partial charge on any atom is 0.224 e. The largest absolute Gasteiger partial charge is 0.365 e. The molecule has 2 rings (SSSR count). The van der Waals surface area contributed by atoms with Crippen molar-refractivity contribution in [2.75, 3.05) is 17.2 Å². The summed E-state index contributed by atoms with van der Waals surface area (Å²) in [4.78, 5) is 8.63. The van der Waals surface area contributed by atoms with Crippen LogP contribution >= 0.6 is 15.9 Å². The molecule has 6 nitrogen and oxygen atoms in total. The van der Waals surface area contributed by atoms with E-state index in [0.29, 0.717) is 12.5 Å². The zero-order valence-electron chi connectivity index (χ0n) is 11.9. The first-order valence-electron chi connectivity index (χ1n) is 6.65. The molecule has 0 atom stereocenters. The van der Waals surface area contributed by atoms with Crippen LogP contribution in [0, 0.1) is 0 Å². The van der Waals surface area contributed by atoms with E-state index in [-0.39, 0.29) is 0 Å². The fraction of sp³-hybridized carbons (Fsp3) is 0.462. The summed E-state index contributed by atoms with van der Waals surface area (Å²) < 4.78 is 2.69. The molecule has 0 saturated heterocycles. The summed E-state index contributed by atoms with van der Waals surface area (Å²) in [5.74, 6) is 1.40. The number of halogens is 1. The molecule has 0 amide bonds. The second-order valence-electron chi connectivity index (χ2n) is 4.40. The number of nitrogens with one attached hydrogen (secondary N) is 2. The van der Waals surface area contributed by atoms with E-state index in [1.54, 1.807) is 6.20 Å². The van der Waals surface area contributed by atoms with Gasteiger partial charge in [0.1, 0.15) is 5.82 Å². The fourth-order valence-electron chi connectivity index (χ4n) is 1.94. The van der Waals surface area contributed by atoms with Crippen LogP contribution in [0.25, 0.3) is 0 Å². The molecule has 0 aromatic carbocycles. The van der Waals surface area contributed by atoms with E-state index in [1.165, 1.54) is 5.56 Å². The smallest absolute Gasteiger partial charge is 0.224 e. The summed E-state index contributed by atoms with van der Waals surface area (Å²) in [6, 6.07) is 0. The maximum absolute atomic E-state index is 4.43. The predicted octanol–water partition coefficient (Wildman–Crippen LogP) is 2.58. The zero-order valence-corrected chi connectivity index (χ0v) is 13.5. The summed E-state index contributed by atoms with van der Waals surface area (Å²) in [7, 11) is 1.94. The summed E-state index contributed by atoms with van der Waals surface area (Å²) >= 11 is 3.46. The fourth-order valence-corrected chi connectivity index (χ4v) is 2.27. The molecule has 0 aliphatic rings. The number of nitrogens with zero attached hydrogens (tertiary/aromatic N) is 4. The van der Waals surface area contributed by atoms with E-state index >= 15 is 0 Å². The third kappa shape index (κ3) is 3.47. The standard InChI is InChI=1S/C13H19BrN6/c1-4-11-9(8-20(3)19-11)6-16-12-10(14)7-17-13(18-12)15-5-2/h7-8H,4-6H2,1-3H3,(H2,15,16,17,18). The molecule has 0 unspecified atom stereocenters.